The van der Waals surface area contributed by atoms with Crippen LogP contribution in [0.2, 0.25) is 0 Å². The minimum atomic E-state index is -0.736. The van der Waals surface area contributed by atoms with Crippen LogP contribution in [-0.2, 0) is 9.53 Å². The molecule has 1 aromatic heterocycles. The van der Waals surface area contributed by atoms with Crippen molar-refractivity contribution in [2.24, 2.45) is 10.9 Å². The van der Waals surface area contributed by atoms with Gasteiger partial charge in [0.1, 0.15) is 11.4 Å². The molecule has 3 saturated heterocycles. The summed E-state index contributed by atoms with van der Waals surface area (Å²) < 4.78 is 5.60. The summed E-state index contributed by atoms with van der Waals surface area (Å²) in [6, 6.07) is 18.9. The second-order valence-corrected chi connectivity index (χ2v) is 11.6. The van der Waals surface area contributed by atoms with Crippen LogP contribution in [0.5, 0.6) is 0 Å². The van der Waals surface area contributed by atoms with Crippen molar-refractivity contribution in [3.8, 4) is 11.1 Å². The average molecular weight is 538 g/mol. The van der Waals surface area contributed by atoms with Crippen molar-refractivity contribution in [2.75, 3.05) is 45.9 Å². The molecule has 206 valence electrons. The van der Waals surface area contributed by atoms with Gasteiger partial charge in [-0.1, -0.05) is 42.5 Å². The monoisotopic (exact) mass is 537 g/mol. The van der Waals surface area contributed by atoms with Gasteiger partial charge in [-0.3, -0.25) is 19.7 Å². The predicted molar refractivity (Wildman–Crippen MR) is 154 cm³/mol. The predicted octanol–water partition coefficient (Wildman–Crippen LogP) is 4.58. The number of nitrogens with zero attached hydrogens (tertiary/aromatic N) is 5. The second kappa shape index (κ2) is 10.3. The largest absolute Gasteiger partial charge is 0.381 e. The molecule has 0 radical (unpaired) electrons. The van der Waals surface area contributed by atoms with Gasteiger partial charge in [-0.05, 0) is 48.4 Å². The summed E-state index contributed by atoms with van der Waals surface area (Å²) in [7, 11) is 0. The summed E-state index contributed by atoms with van der Waals surface area (Å²) in [5.74, 6) is 1.07. The van der Waals surface area contributed by atoms with E-state index in [1.165, 1.54) is 0 Å². The Hall–Kier alpha value is -3.78. The zero-order valence-electron chi connectivity index (χ0n) is 22.8. The highest BCUT2D eigenvalue weighted by Gasteiger charge is 2.50. The van der Waals surface area contributed by atoms with Crippen LogP contribution in [0, 0.1) is 5.92 Å². The minimum absolute atomic E-state index is 0.0831. The molecule has 3 amide bonds. The smallest absolute Gasteiger partial charge is 0.320 e. The maximum atomic E-state index is 14.0. The normalized spacial score (nSPS) is 22.5. The van der Waals surface area contributed by atoms with E-state index in [-0.39, 0.29) is 17.9 Å². The summed E-state index contributed by atoms with van der Waals surface area (Å²) >= 11 is 0. The molecule has 0 saturated carbocycles. The average Bonchev–Trinajstić information content (AvgIpc) is 3.76. The molecule has 0 N–H and O–H groups in total. The fourth-order valence-electron chi connectivity index (χ4n) is 6.66. The second-order valence-electron chi connectivity index (χ2n) is 11.6. The van der Waals surface area contributed by atoms with Gasteiger partial charge in [0, 0.05) is 75.9 Å². The van der Waals surface area contributed by atoms with Gasteiger partial charge in [-0.25, -0.2) is 4.79 Å². The number of hydrogen-bond donors (Lipinski definition) is 0. The first-order valence-electron chi connectivity index (χ1n) is 14.6. The number of urea groups is 1. The van der Waals surface area contributed by atoms with Gasteiger partial charge in [0.2, 0.25) is 0 Å². The Labute approximate surface area is 234 Å². The van der Waals surface area contributed by atoms with Crippen LogP contribution in [0.25, 0.3) is 22.0 Å². The molecule has 3 fully saturated rings. The molecule has 1 unspecified atom stereocenters. The van der Waals surface area contributed by atoms with E-state index in [2.05, 4.69) is 53.5 Å². The quantitative estimate of drug-likeness (QED) is 0.488. The molecule has 1 atom stereocenters. The molecule has 4 aliphatic heterocycles. The number of likely N-dealkylation sites (tertiary alicyclic amines) is 2. The van der Waals surface area contributed by atoms with Crippen LogP contribution in [0.1, 0.15) is 37.7 Å². The number of fused-ring (bicyclic) bond motifs is 1. The van der Waals surface area contributed by atoms with Crippen LogP contribution in [0.3, 0.4) is 0 Å². The molecular formula is C32H35N5O3. The lowest BCUT2D eigenvalue weighted by Crippen LogP contribution is -2.47. The lowest BCUT2D eigenvalue weighted by atomic mass is 9.90. The molecule has 1 spiro atoms. The third-order valence-electron chi connectivity index (χ3n) is 8.99. The van der Waals surface area contributed by atoms with E-state index in [1.807, 2.05) is 27.0 Å². The van der Waals surface area contributed by atoms with E-state index >= 15 is 0 Å². The molecular weight excluding hydrogens is 502 g/mol. The lowest BCUT2D eigenvalue weighted by Gasteiger charge is -2.30. The van der Waals surface area contributed by atoms with Crippen molar-refractivity contribution in [1.29, 1.82) is 0 Å². The van der Waals surface area contributed by atoms with Gasteiger partial charge in [0.15, 0.2) is 0 Å². The highest BCUT2D eigenvalue weighted by atomic mass is 16.5. The zero-order valence-corrected chi connectivity index (χ0v) is 22.8. The fraction of sp³-hybridized carbons (Fsp3) is 0.438. The van der Waals surface area contributed by atoms with Crippen LogP contribution in [0.15, 0.2) is 65.8 Å². The molecule has 0 aliphatic carbocycles. The van der Waals surface area contributed by atoms with Crippen molar-refractivity contribution in [1.82, 2.24) is 19.7 Å². The number of aliphatic imine (C=N–C) groups is 1. The van der Waals surface area contributed by atoms with Crippen LogP contribution < -0.4 is 0 Å². The lowest BCUT2D eigenvalue weighted by molar-refractivity contribution is -0.134. The Balaban J connectivity index is 1.13. The molecule has 8 heteroatoms. The number of aromatic nitrogens is 1. The molecule has 3 aromatic rings. The number of hydrogen-bond acceptors (Lipinski definition) is 5. The summed E-state index contributed by atoms with van der Waals surface area (Å²) in [6.45, 7) is 4.84. The van der Waals surface area contributed by atoms with Gasteiger partial charge in [0.25, 0.3) is 5.91 Å². The number of carbonyl (C=O) groups is 2. The first kappa shape index (κ1) is 25.2. The van der Waals surface area contributed by atoms with Gasteiger partial charge in [-0.15, -0.1) is 0 Å². The van der Waals surface area contributed by atoms with E-state index < -0.39 is 5.54 Å². The number of carbonyl (C=O) groups excluding carboxylic acids is 2. The van der Waals surface area contributed by atoms with Gasteiger partial charge >= 0.3 is 6.03 Å². The molecule has 5 heterocycles. The van der Waals surface area contributed by atoms with Gasteiger partial charge < -0.3 is 14.5 Å². The standard InChI is InChI=1S/C32H35N5O3/c38-30-32(12-18-40-19-13-32)34-29(37(30)22-23-11-17-36(21-23)31(39)35-15-1-2-16-35)26-8-5-24(6-9-26)27-10-7-25-4-3-14-33-28(25)20-27/h3-10,14,20,23H,1-2,11-13,15-19,21-22H2. The highest BCUT2D eigenvalue weighted by molar-refractivity contribution is 6.15. The summed E-state index contributed by atoms with van der Waals surface area (Å²) in [6.07, 6.45) is 6.12. The fourth-order valence-corrected chi connectivity index (χ4v) is 6.66. The van der Waals surface area contributed by atoms with Gasteiger partial charge in [-0.2, -0.15) is 0 Å². The maximum Gasteiger partial charge on any atom is 0.320 e. The Morgan fingerprint density at radius 1 is 0.925 bits per heavy atom. The van der Waals surface area contributed by atoms with Crippen LogP contribution in [-0.4, -0.2) is 88.9 Å². The molecule has 7 rings (SSSR count). The Morgan fingerprint density at radius 2 is 1.68 bits per heavy atom. The van der Waals surface area contributed by atoms with Crippen LogP contribution in [0.4, 0.5) is 4.79 Å². The first-order valence-corrected chi connectivity index (χ1v) is 14.6. The van der Waals surface area contributed by atoms with Crippen molar-refractivity contribution in [3.05, 3.63) is 66.4 Å². The number of amidine groups is 1. The zero-order chi connectivity index (χ0) is 27.1. The molecule has 0 bridgehead atoms. The third-order valence-corrected chi connectivity index (χ3v) is 8.99. The summed E-state index contributed by atoms with van der Waals surface area (Å²) in [5.41, 5.74) is 3.38. The molecule has 8 nitrogen and oxygen atoms in total. The highest BCUT2D eigenvalue weighted by Crippen LogP contribution is 2.36. The molecule has 40 heavy (non-hydrogen) atoms. The molecule has 2 aromatic carbocycles. The topological polar surface area (TPSA) is 78.3 Å². The number of rotatable bonds is 4. The van der Waals surface area contributed by atoms with E-state index in [9.17, 15) is 9.59 Å². The van der Waals surface area contributed by atoms with Crippen molar-refractivity contribution >= 4 is 28.7 Å². The van der Waals surface area contributed by atoms with E-state index in [1.54, 1.807) is 0 Å². The van der Waals surface area contributed by atoms with Gasteiger partial charge in [0.05, 0.1) is 5.52 Å². The summed E-state index contributed by atoms with van der Waals surface area (Å²) in [4.78, 5) is 42.4. The number of amides is 3. The third kappa shape index (κ3) is 4.54. The number of ether oxygens (including phenoxy) is 1. The van der Waals surface area contributed by atoms with E-state index in [4.69, 9.17) is 9.73 Å². The summed E-state index contributed by atoms with van der Waals surface area (Å²) in [5, 5.41) is 1.12. The van der Waals surface area contributed by atoms with Crippen LogP contribution >= 0.6 is 0 Å². The van der Waals surface area contributed by atoms with Crippen molar-refractivity contribution < 1.29 is 14.3 Å². The minimum Gasteiger partial charge on any atom is -0.381 e. The number of benzene rings is 2. The Morgan fingerprint density at radius 3 is 2.48 bits per heavy atom. The Bertz CT molecular complexity index is 1460. The Kier molecular flexibility index (Phi) is 6.50. The first-order chi connectivity index (χ1) is 19.6. The van der Waals surface area contributed by atoms with Crippen molar-refractivity contribution in [3.63, 3.8) is 0 Å². The SMILES string of the molecule is O=C(N1CCCC1)N1CCC(CN2C(=O)C3(CCOCC3)N=C2c2ccc(-c3ccc4cccnc4c3)cc2)C1. The van der Waals surface area contributed by atoms with Crippen molar-refractivity contribution in [2.45, 2.75) is 37.6 Å². The van der Waals surface area contributed by atoms with E-state index in [0.29, 0.717) is 39.1 Å². The maximum absolute atomic E-state index is 14.0. The number of pyridine rings is 1. The van der Waals surface area contributed by atoms with E-state index in [0.717, 1.165) is 72.3 Å². The molecule has 4 aliphatic rings.